The van der Waals surface area contributed by atoms with Crippen molar-refractivity contribution in [1.29, 1.82) is 0 Å². The summed E-state index contributed by atoms with van der Waals surface area (Å²) >= 11 is 0. The van der Waals surface area contributed by atoms with Gasteiger partial charge in [0.15, 0.2) is 0 Å². The molecule has 154 valence electrons. The summed E-state index contributed by atoms with van der Waals surface area (Å²) in [6, 6.07) is 10.0. The standard InChI is InChI=1S/C24H23N7/c1-14(2)8-15(3)27-18-9-16(12-26-13-18)19-4-5-21-23(29-19)24(31-30-21)22-10-17-11-25-7-6-20(17)28-22/h4-7,9-14,27-28H,3,8H2,1-2H3,(H,30,31). The van der Waals surface area contributed by atoms with Crippen molar-refractivity contribution >= 4 is 27.6 Å². The maximum absolute atomic E-state index is 4.90. The summed E-state index contributed by atoms with van der Waals surface area (Å²) in [6.07, 6.45) is 8.13. The number of nitrogens with zero attached hydrogens (tertiary/aromatic N) is 4. The van der Waals surface area contributed by atoms with Gasteiger partial charge in [-0.3, -0.25) is 15.1 Å². The number of rotatable bonds is 6. The molecule has 7 nitrogen and oxygen atoms in total. The van der Waals surface area contributed by atoms with Crippen molar-refractivity contribution in [1.82, 2.24) is 30.1 Å². The number of hydrogen-bond donors (Lipinski definition) is 3. The average molecular weight is 409 g/mol. The lowest BCUT2D eigenvalue weighted by molar-refractivity contribution is 0.645. The molecule has 0 fully saturated rings. The van der Waals surface area contributed by atoms with Crippen LogP contribution in [-0.4, -0.2) is 30.1 Å². The molecule has 5 rings (SSSR count). The molecule has 0 spiro atoms. The molecule has 7 heteroatoms. The van der Waals surface area contributed by atoms with Crippen LogP contribution in [0.4, 0.5) is 5.69 Å². The summed E-state index contributed by atoms with van der Waals surface area (Å²) in [4.78, 5) is 16.9. The van der Waals surface area contributed by atoms with Gasteiger partial charge in [0.05, 0.1) is 28.8 Å². The first-order valence-corrected chi connectivity index (χ1v) is 10.3. The monoisotopic (exact) mass is 409 g/mol. The number of pyridine rings is 3. The molecule has 31 heavy (non-hydrogen) atoms. The van der Waals surface area contributed by atoms with Gasteiger partial charge in [-0.25, -0.2) is 4.98 Å². The van der Waals surface area contributed by atoms with Crippen LogP contribution in [-0.2, 0) is 0 Å². The van der Waals surface area contributed by atoms with E-state index in [9.17, 15) is 0 Å². The smallest absolute Gasteiger partial charge is 0.135 e. The number of nitrogens with one attached hydrogen (secondary N) is 3. The van der Waals surface area contributed by atoms with Crippen molar-refractivity contribution in [3.63, 3.8) is 0 Å². The Kier molecular flexibility index (Phi) is 4.71. The summed E-state index contributed by atoms with van der Waals surface area (Å²) in [5.41, 5.74) is 8.02. The van der Waals surface area contributed by atoms with E-state index in [0.717, 1.165) is 62.4 Å². The molecule has 0 aliphatic rings. The minimum atomic E-state index is 0.542. The normalized spacial score (nSPS) is 11.5. The zero-order chi connectivity index (χ0) is 21.4. The first kappa shape index (κ1) is 19.0. The summed E-state index contributed by atoms with van der Waals surface area (Å²) in [6.45, 7) is 8.46. The first-order valence-electron chi connectivity index (χ1n) is 10.3. The van der Waals surface area contributed by atoms with E-state index in [4.69, 9.17) is 4.98 Å². The number of allylic oxidation sites excluding steroid dienone is 1. The first-order chi connectivity index (χ1) is 15.1. The number of aromatic nitrogens is 6. The van der Waals surface area contributed by atoms with Crippen LogP contribution in [0, 0.1) is 5.92 Å². The quantitative estimate of drug-likeness (QED) is 0.342. The van der Waals surface area contributed by atoms with E-state index < -0.39 is 0 Å². The maximum Gasteiger partial charge on any atom is 0.135 e. The van der Waals surface area contributed by atoms with E-state index in [1.807, 2.05) is 42.7 Å². The fourth-order valence-corrected chi connectivity index (χ4v) is 3.74. The van der Waals surface area contributed by atoms with Gasteiger partial charge >= 0.3 is 0 Å². The lowest BCUT2D eigenvalue weighted by Gasteiger charge is -2.12. The van der Waals surface area contributed by atoms with Gasteiger partial charge in [-0.2, -0.15) is 5.10 Å². The van der Waals surface area contributed by atoms with E-state index in [1.54, 1.807) is 12.4 Å². The molecular formula is C24H23N7. The number of hydrogen-bond acceptors (Lipinski definition) is 5. The Morgan fingerprint density at radius 2 is 1.97 bits per heavy atom. The largest absolute Gasteiger partial charge is 0.358 e. The van der Waals surface area contributed by atoms with Crippen molar-refractivity contribution in [2.45, 2.75) is 20.3 Å². The predicted octanol–water partition coefficient (Wildman–Crippen LogP) is 5.53. The van der Waals surface area contributed by atoms with Crippen LogP contribution >= 0.6 is 0 Å². The molecule has 3 N–H and O–H groups in total. The highest BCUT2D eigenvalue weighted by molar-refractivity contribution is 5.94. The van der Waals surface area contributed by atoms with Crippen LogP contribution in [0.15, 0.2) is 67.4 Å². The second-order valence-electron chi connectivity index (χ2n) is 8.10. The van der Waals surface area contributed by atoms with Crippen molar-refractivity contribution in [2.75, 3.05) is 5.32 Å². The van der Waals surface area contributed by atoms with Crippen LogP contribution in [0.1, 0.15) is 20.3 Å². The van der Waals surface area contributed by atoms with Crippen LogP contribution in [0.2, 0.25) is 0 Å². The number of H-pyrrole nitrogens is 2. The highest BCUT2D eigenvalue weighted by atomic mass is 15.1. The van der Waals surface area contributed by atoms with Gasteiger partial charge in [0.1, 0.15) is 11.2 Å². The Morgan fingerprint density at radius 3 is 2.81 bits per heavy atom. The Labute approximate surface area is 179 Å². The molecule has 0 aromatic carbocycles. The third-order valence-corrected chi connectivity index (χ3v) is 5.09. The summed E-state index contributed by atoms with van der Waals surface area (Å²) in [7, 11) is 0. The molecule has 0 bridgehead atoms. The van der Waals surface area contributed by atoms with Crippen molar-refractivity contribution < 1.29 is 0 Å². The highest BCUT2D eigenvalue weighted by Gasteiger charge is 2.14. The molecular weight excluding hydrogens is 386 g/mol. The van der Waals surface area contributed by atoms with E-state index >= 15 is 0 Å². The zero-order valence-corrected chi connectivity index (χ0v) is 17.5. The van der Waals surface area contributed by atoms with Gasteiger partial charge in [-0.05, 0) is 42.7 Å². The predicted molar refractivity (Wildman–Crippen MR) is 124 cm³/mol. The molecule has 0 saturated carbocycles. The summed E-state index contributed by atoms with van der Waals surface area (Å²) in [5.74, 6) is 0.542. The summed E-state index contributed by atoms with van der Waals surface area (Å²) < 4.78 is 0. The van der Waals surface area contributed by atoms with E-state index in [1.165, 1.54) is 0 Å². The van der Waals surface area contributed by atoms with Gasteiger partial charge in [-0.15, -0.1) is 0 Å². The Bertz CT molecular complexity index is 1360. The average Bonchev–Trinajstić information content (AvgIpc) is 3.36. The number of anilines is 1. The van der Waals surface area contributed by atoms with Gasteiger partial charge in [0.25, 0.3) is 0 Å². The van der Waals surface area contributed by atoms with E-state index in [2.05, 4.69) is 50.9 Å². The lowest BCUT2D eigenvalue weighted by atomic mass is 10.1. The van der Waals surface area contributed by atoms with Crippen molar-refractivity contribution in [3.8, 4) is 22.6 Å². The fourth-order valence-electron chi connectivity index (χ4n) is 3.74. The third kappa shape index (κ3) is 3.77. The van der Waals surface area contributed by atoms with Crippen LogP contribution in [0.5, 0.6) is 0 Å². The molecule has 0 amide bonds. The van der Waals surface area contributed by atoms with Gasteiger partial charge in [0, 0.05) is 40.8 Å². The Hall–Kier alpha value is -4.00. The SMILES string of the molecule is C=C(CC(C)C)Nc1cncc(-c2ccc3[nH]nc(-c4cc5cnccc5[nH]4)c3n2)c1. The molecule has 0 aliphatic carbocycles. The minimum Gasteiger partial charge on any atom is -0.358 e. The molecule has 5 aromatic rings. The lowest BCUT2D eigenvalue weighted by Crippen LogP contribution is -2.02. The number of aromatic amines is 2. The molecule has 0 atom stereocenters. The third-order valence-electron chi connectivity index (χ3n) is 5.09. The topological polar surface area (TPSA) is 95.2 Å². The van der Waals surface area contributed by atoms with Gasteiger partial charge in [-0.1, -0.05) is 20.4 Å². The van der Waals surface area contributed by atoms with Crippen molar-refractivity contribution in [2.24, 2.45) is 5.92 Å². The Balaban J connectivity index is 1.51. The molecule has 0 unspecified atom stereocenters. The van der Waals surface area contributed by atoms with Crippen LogP contribution in [0.25, 0.3) is 44.6 Å². The zero-order valence-electron chi connectivity index (χ0n) is 17.5. The van der Waals surface area contributed by atoms with E-state index in [0.29, 0.717) is 5.92 Å². The molecule has 5 heterocycles. The molecule has 5 aromatic heterocycles. The molecule has 0 radical (unpaired) electrons. The number of fused-ring (bicyclic) bond motifs is 2. The minimum absolute atomic E-state index is 0.542. The second kappa shape index (κ2) is 7.68. The van der Waals surface area contributed by atoms with Crippen LogP contribution < -0.4 is 5.32 Å². The van der Waals surface area contributed by atoms with Crippen LogP contribution in [0.3, 0.4) is 0 Å². The fraction of sp³-hybridized carbons (Fsp3) is 0.167. The Morgan fingerprint density at radius 1 is 1.06 bits per heavy atom. The molecule has 0 aliphatic heterocycles. The highest BCUT2D eigenvalue weighted by Crippen LogP contribution is 2.29. The van der Waals surface area contributed by atoms with E-state index in [-0.39, 0.29) is 0 Å². The second-order valence-corrected chi connectivity index (χ2v) is 8.10. The molecule has 0 saturated heterocycles. The van der Waals surface area contributed by atoms with Crippen molar-refractivity contribution in [3.05, 3.63) is 67.4 Å². The summed E-state index contributed by atoms with van der Waals surface area (Å²) in [5, 5.41) is 12.0. The maximum atomic E-state index is 4.90. The van der Waals surface area contributed by atoms with Gasteiger partial charge < -0.3 is 10.3 Å². The van der Waals surface area contributed by atoms with Gasteiger partial charge in [0.2, 0.25) is 0 Å².